The van der Waals surface area contributed by atoms with Gasteiger partial charge >= 0.3 is 6.18 Å². The maximum Gasteiger partial charge on any atom is 0.395 e. The molecular formula is C11H9F3N2O. The van der Waals surface area contributed by atoms with Crippen molar-refractivity contribution in [3.8, 4) is 11.5 Å². The molecule has 0 bridgehead atoms. The van der Waals surface area contributed by atoms with Gasteiger partial charge in [-0.15, -0.1) is 0 Å². The second kappa shape index (κ2) is 4.20. The van der Waals surface area contributed by atoms with E-state index in [0.29, 0.717) is 11.5 Å². The Hall–Kier alpha value is -1.85. The Bertz CT molecular complexity index is 476. The molecule has 0 spiro atoms. The fourth-order valence-corrected chi connectivity index (χ4v) is 1.34. The van der Waals surface area contributed by atoms with Crippen LogP contribution in [-0.2, 0) is 0 Å². The van der Waals surface area contributed by atoms with Crippen LogP contribution < -0.4 is 0 Å². The van der Waals surface area contributed by atoms with Crippen molar-refractivity contribution in [2.75, 3.05) is 0 Å². The van der Waals surface area contributed by atoms with Gasteiger partial charge in [-0.2, -0.15) is 13.2 Å². The van der Waals surface area contributed by atoms with Crippen molar-refractivity contribution in [2.24, 2.45) is 0 Å². The fourth-order valence-electron chi connectivity index (χ4n) is 1.34. The second-order valence-corrected chi connectivity index (χ2v) is 3.61. The van der Waals surface area contributed by atoms with Gasteiger partial charge in [0.05, 0.1) is 12.1 Å². The zero-order chi connectivity index (χ0) is 12.5. The fraction of sp³-hybridized carbons (Fsp3) is 0.273. The summed E-state index contributed by atoms with van der Waals surface area (Å²) in [5.74, 6) is -1.10. The van der Waals surface area contributed by atoms with Crippen molar-refractivity contribution in [2.45, 2.75) is 19.0 Å². The molecule has 0 aliphatic carbocycles. The zero-order valence-electron chi connectivity index (χ0n) is 8.90. The van der Waals surface area contributed by atoms with Gasteiger partial charge < -0.3 is 4.42 Å². The minimum Gasteiger partial charge on any atom is -0.442 e. The summed E-state index contributed by atoms with van der Waals surface area (Å²) in [6, 6.07) is 2.88. The molecule has 0 fully saturated rings. The van der Waals surface area contributed by atoms with Gasteiger partial charge in [0.2, 0.25) is 0 Å². The minimum absolute atomic E-state index is 0.126. The molecule has 0 saturated carbocycles. The number of alkyl halides is 3. The third kappa shape index (κ3) is 2.46. The average Bonchev–Trinajstić information content (AvgIpc) is 2.80. The Morgan fingerprint density at radius 3 is 2.47 bits per heavy atom. The van der Waals surface area contributed by atoms with E-state index in [9.17, 15) is 13.2 Å². The number of pyridine rings is 1. The minimum atomic E-state index is -4.25. The molecule has 0 aliphatic heterocycles. The Balaban J connectivity index is 2.25. The van der Waals surface area contributed by atoms with Crippen LogP contribution in [0.25, 0.3) is 11.5 Å². The molecule has 17 heavy (non-hydrogen) atoms. The van der Waals surface area contributed by atoms with E-state index in [0.717, 1.165) is 6.92 Å². The molecular weight excluding hydrogens is 233 g/mol. The predicted octanol–water partition coefficient (Wildman–Crippen LogP) is 3.40. The first-order valence-corrected chi connectivity index (χ1v) is 4.90. The second-order valence-electron chi connectivity index (χ2n) is 3.61. The molecule has 0 radical (unpaired) electrons. The summed E-state index contributed by atoms with van der Waals surface area (Å²) in [7, 11) is 0. The Morgan fingerprint density at radius 2 is 2.00 bits per heavy atom. The Kier molecular flexibility index (Phi) is 2.87. The lowest BCUT2D eigenvalue weighted by Crippen LogP contribution is -2.17. The third-order valence-electron chi connectivity index (χ3n) is 2.46. The summed E-state index contributed by atoms with van der Waals surface area (Å²) in [6.07, 6.45) is -0.357. The number of rotatable bonds is 2. The van der Waals surface area contributed by atoms with Gasteiger partial charge in [0.15, 0.2) is 12.2 Å². The summed E-state index contributed by atoms with van der Waals surface area (Å²) in [5.41, 5.74) is 0.585. The molecule has 0 unspecified atom stereocenters. The molecule has 6 heteroatoms. The maximum atomic E-state index is 12.5. The summed E-state index contributed by atoms with van der Waals surface area (Å²) in [5, 5.41) is 0. The van der Waals surface area contributed by atoms with Crippen LogP contribution in [0, 0.1) is 0 Å². The first kappa shape index (κ1) is 11.6. The predicted molar refractivity (Wildman–Crippen MR) is 54.2 cm³/mol. The summed E-state index contributed by atoms with van der Waals surface area (Å²) < 4.78 is 42.3. The molecule has 2 heterocycles. The van der Waals surface area contributed by atoms with E-state index in [1.54, 1.807) is 0 Å². The van der Waals surface area contributed by atoms with E-state index >= 15 is 0 Å². The van der Waals surface area contributed by atoms with E-state index < -0.39 is 12.1 Å². The number of hydrogen-bond donors (Lipinski definition) is 0. The third-order valence-corrected chi connectivity index (χ3v) is 2.46. The van der Waals surface area contributed by atoms with Crippen molar-refractivity contribution in [1.82, 2.24) is 9.97 Å². The highest BCUT2D eigenvalue weighted by Crippen LogP contribution is 2.34. The first-order chi connectivity index (χ1) is 7.98. The molecule has 2 rings (SSSR count). The van der Waals surface area contributed by atoms with Crippen molar-refractivity contribution in [3.63, 3.8) is 0 Å². The Labute approximate surface area is 95.3 Å². The zero-order valence-corrected chi connectivity index (χ0v) is 8.90. The Morgan fingerprint density at radius 1 is 1.24 bits per heavy atom. The molecule has 2 aromatic heterocycles. The van der Waals surface area contributed by atoms with Crippen LogP contribution in [0.3, 0.4) is 0 Å². The highest BCUT2D eigenvalue weighted by atomic mass is 19.4. The molecule has 0 aliphatic rings. The molecule has 1 atom stereocenters. The summed E-state index contributed by atoms with van der Waals surface area (Å²) in [6.45, 7) is 1.10. The molecule has 0 aromatic carbocycles. The normalized spacial score (nSPS) is 13.6. The molecule has 0 N–H and O–H groups in total. The van der Waals surface area contributed by atoms with Gasteiger partial charge in [0.25, 0.3) is 0 Å². The van der Waals surface area contributed by atoms with Crippen LogP contribution in [0.1, 0.15) is 18.4 Å². The lowest BCUT2D eigenvalue weighted by molar-refractivity contribution is -0.146. The van der Waals surface area contributed by atoms with Crippen LogP contribution in [0.2, 0.25) is 0 Å². The van der Waals surface area contributed by atoms with Crippen molar-refractivity contribution in [3.05, 3.63) is 36.5 Å². The number of aromatic nitrogens is 2. The van der Waals surface area contributed by atoms with E-state index in [2.05, 4.69) is 9.97 Å². The van der Waals surface area contributed by atoms with E-state index in [1.807, 2.05) is 0 Å². The summed E-state index contributed by atoms with van der Waals surface area (Å²) in [4.78, 5) is 7.63. The topological polar surface area (TPSA) is 38.9 Å². The monoisotopic (exact) mass is 242 g/mol. The number of nitrogens with zero attached hydrogens (tertiary/aromatic N) is 2. The van der Waals surface area contributed by atoms with Gasteiger partial charge in [-0.05, 0) is 18.6 Å². The highest BCUT2D eigenvalue weighted by molar-refractivity contribution is 5.50. The van der Waals surface area contributed by atoms with Gasteiger partial charge in [-0.1, -0.05) is 6.07 Å². The average molecular weight is 242 g/mol. The van der Waals surface area contributed by atoms with Crippen molar-refractivity contribution < 1.29 is 17.6 Å². The number of hydrogen-bond acceptors (Lipinski definition) is 3. The molecule has 3 nitrogen and oxygen atoms in total. The van der Waals surface area contributed by atoms with E-state index in [1.165, 1.54) is 30.9 Å². The van der Waals surface area contributed by atoms with Gasteiger partial charge in [-0.25, -0.2) is 4.98 Å². The maximum absolute atomic E-state index is 12.5. The summed E-state index contributed by atoms with van der Waals surface area (Å²) >= 11 is 0. The number of halogens is 3. The van der Waals surface area contributed by atoms with Gasteiger partial charge in [0, 0.05) is 6.20 Å². The van der Waals surface area contributed by atoms with E-state index in [4.69, 9.17) is 4.42 Å². The van der Waals surface area contributed by atoms with Crippen molar-refractivity contribution in [1.29, 1.82) is 0 Å². The molecule has 2 aromatic rings. The number of oxazole rings is 1. The lowest BCUT2D eigenvalue weighted by Gasteiger charge is -2.15. The van der Waals surface area contributed by atoms with Crippen LogP contribution in [-0.4, -0.2) is 16.1 Å². The first-order valence-electron chi connectivity index (χ1n) is 4.90. The molecule has 0 saturated heterocycles. The largest absolute Gasteiger partial charge is 0.442 e. The lowest BCUT2D eigenvalue weighted by atomic mass is 10.0. The SMILES string of the molecule is C[C@H](c1ccc(-c2cnco2)nc1)C(F)(F)F. The van der Waals surface area contributed by atoms with Crippen LogP contribution in [0.5, 0.6) is 0 Å². The molecule has 90 valence electrons. The van der Waals surface area contributed by atoms with Crippen molar-refractivity contribution >= 4 is 0 Å². The smallest absolute Gasteiger partial charge is 0.395 e. The highest BCUT2D eigenvalue weighted by Gasteiger charge is 2.37. The van der Waals surface area contributed by atoms with E-state index in [-0.39, 0.29) is 5.56 Å². The standard InChI is InChI=1S/C11H9F3N2O/c1-7(11(12,13)14)8-2-3-9(16-4-8)10-5-15-6-17-10/h2-7H,1H3/t7-/m1/s1. The quantitative estimate of drug-likeness (QED) is 0.810. The van der Waals surface area contributed by atoms with Crippen LogP contribution in [0.4, 0.5) is 13.2 Å². The van der Waals surface area contributed by atoms with Gasteiger partial charge in [0.1, 0.15) is 5.69 Å². The van der Waals surface area contributed by atoms with Crippen LogP contribution in [0.15, 0.2) is 35.3 Å². The molecule has 0 amide bonds. The van der Waals surface area contributed by atoms with Gasteiger partial charge in [-0.3, -0.25) is 4.98 Å². The van der Waals surface area contributed by atoms with Crippen LogP contribution >= 0.6 is 0 Å².